The molecule has 2 unspecified atom stereocenters. The third-order valence-electron chi connectivity index (χ3n) is 2.81. The summed E-state index contributed by atoms with van der Waals surface area (Å²) in [5, 5.41) is 30.7. The minimum atomic E-state index is -1.13. The van der Waals surface area contributed by atoms with Gasteiger partial charge in [-0.25, -0.2) is 0 Å². The van der Waals surface area contributed by atoms with Gasteiger partial charge in [0.05, 0.1) is 18.2 Å². The number of azide groups is 1. The highest BCUT2D eigenvalue weighted by atomic mass is 16.3. The van der Waals surface area contributed by atoms with Crippen LogP contribution < -0.4 is 0 Å². The van der Waals surface area contributed by atoms with Crippen LogP contribution in [0.5, 0.6) is 0 Å². The number of hydrogen-bond acceptors (Lipinski definition) is 4. The number of aliphatic hydroxyl groups excluding tert-OH is 2. The SMILES string of the molecule is Cc1[nH]nc2cc(C(O)C(O)CN=[N+]=[N-])ccc12. The van der Waals surface area contributed by atoms with Gasteiger partial charge in [0, 0.05) is 16.0 Å². The highest BCUT2D eigenvalue weighted by Gasteiger charge is 2.18. The molecule has 94 valence electrons. The van der Waals surface area contributed by atoms with Gasteiger partial charge >= 0.3 is 0 Å². The van der Waals surface area contributed by atoms with Gasteiger partial charge in [0.1, 0.15) is 6.10 Å². The van der Waals surface area contributed by atoms with E-state index in [1.165, 1.54) is 0 Å². The number of aryl methyl sites for hydroxylation is 1. The summed E-state index contributed by atoms with van der Waals surface area (Å²) >= 11 is 0. The quantitative estimate of drug-likeness (QED) is 0.432. The first kappa shape index (κ1) is 12.4. The van der Waals surface area contributed by atoms with Crippen LogP contribution in [0, 0.1) is 6.92 Å². The second-order valence-electron chi connectivity index (χ2n) is 4.05. The molecule has 3 N–H and O–H groups in total. The van der Waals surface area contributed by atoms with Gasteiger partial charge in [0.25, 0.3) is 0 Å². The predicted molar refractivity (Wildman–Crippen MR) is 65.8 cm³/mol. The van der Waals surface area contributed by atoms with Gasteiger partial charge in [-0.2, -0.15) is 5.10 Å². The van der Waals surface area contributed by atoms with Gasteiger partial charge in [0.2, 0.25) is 0 Å². The van der Waals surface area contributed by atoms with Crippen molar-refractivity contribution in [2.75, 3.05) is 6.54 Å². The van der Waals surface area contributed by atoms with Gasteiger partial charge in [-0.05, 0) is 24.1 Å². The number of hydrogen-bond donors (Lipinski definition) is 3. The minimum absolute atomic E-state index is 0.171. The maximum absolute atomic E-state index is 9.91. The lowest BCUT2D eigenvalue weighted by Gasteiger charge is -2.16. The normalized spacial score (nSPS) is 14.2. The molecular weight excluding hydrogens is 234 g/mol. The molecule has 0 radical (unpaired) electrons. The molecule has 1 heterocycles. The molecule has 0 aliphatic rings. The van der Waals surface area contributed by atoms with Crippen LogP contribution in [0.2, 0.25) is 0 Å². The average molecular weight is 247 g/mol. The van der Waals surface area contributed by atoms with E-state index in [1.807, 2.05) is 13.0 Å². The minimum Gasteiger partial charge on any atom is -0.390 e. The van der Waals surface area contributed by atoms with Crippen LogP contribution in [-0.2, 0) is 0 Å². The fourth-order valence-corrected chi connectivity index (χ4v) is 1.79. The molecule has 0 aliphatic carbocycles. The standard InChI is InChI=1S/C11H13N5O2/c1-6-8-3-2-7(4-9(8)15-14-6)11(18)10(17)5-13-16-12/h2-4,10-11,17-18H,5H2,1H3,(H,14,15). The number of rotatable bonds is 4. The largest absolute Gasteiger partial charge is 0.390 e. The number of nitrogens with one attached hydrogen (secondary N) is 1. The second kappa shape index (κ2) is 5.05. The topological polar surface area (TPSA) is 118 Å². The van der Waals surface area contributed by atoms with Crippen molar-refractivity contribution < 1.29 is 10.2 Å². The summed E-state index contributed by atoms with van der Waals surface area (Å²) in [6.07, 6.45) is -2.23. The molecule has 0 saturated carbocycles. The number of aromatic nitrogens is 2. The Morgan fingerprint density at radius 3 is 3.00 bits per heavy atom. The molecule has 7 heteroatoms. The van der Waals surface area contributed by atoms with Crippen LogP contribution in [0.15, 0.2) is 23.3 Å². The molecule has 0 amide bonds. The van der Waals surface area contributed by atoms with Crippen LogP contribution in [0.1, 0.15) is 17.4 Å². The van der Waals surface area contributed by atoms with Crippen molar-refractivity contribution >= 4 is 10.9 Å². The summed E-state index contributed by atoms with van der Waals surface area (Å²) in [5.41, 5.74) is 10.4. The Bertz CT molecular complexity index is 602. The lowest BCUT2D eigenvalue weighted by Crippen LogP contribution is -2.21. The van der Waals surface area contributed by atoms with E-state index in [1.54, 1.807) is 12.1 Å². The van der Waals surface area contributed by atoms with E-state index in [9.17, 15) is 10.2 Å². The molecule has 2 aromatic rings. The molecule has 0 spiro atoms. The van der Waals surface area contributed by atoms with E-state index in [-0.39, 0.29) is 6.54 Å². The Hall–Kier alpha value is -2.08. The number of aliphatic hydroxyl groups is 2. The van der Waals surface area contributed by atoms with Crippen molar-refractivity contribution in [3.8, 4) is 0 Å². The maximum Gasteiger partial charge on any atom is 0.105 e. The molecule has 0 bridgehead atoms. The van der Waals surface area contributed by atoms with Crippen molar-refractivity contribution in [3.05, 3.63) is 39.9 Å². The van der Waals surface area contributed by atoms with E-state index in [0.29, 0.717) is 5.56 Å². The molecule has 0 fully saturated rings. The Morgan fingerprint density at radius 2 is 2.28 bits per heavy atom. The lowest BCUT2D eigenvalue weighted by atomic mass is 10.0. The number of H-pyrrole nitrogens is 1. The average Bonchev–Trinajstić information content (AvgIpc) is 2.76. The molecular formula is C11H13N5O2. The molecule has 2 rings (SSSR count). The number of nitrogens with zero attached hydrogens (tertiary/aromatic N) is 4. The second-order valence-corrected chi connectivity index (χ2v) is 4.05. The summed E-state index contributed by atoms with van der Waals surface area (Å²) in [4.78, 5) is 2.54. The number of fused-ring (bicyclic) bond motifs is 1. The van der Waals surface area contributed by atoms with Crippen molar-refractivity contribution in [2.45, 2.75) is 19.1 Å². The third kappa shape index (κ3) is 2.28. The van der Waals surface area contributed by atoms with Gasteiger partial charge in [-0.15, -0.1) is 0 Å². The van der Waals surface area contributed by atoms with Gasteiger partial charge in [0.15, 0.2) is 0 Å². The zero-order valence-corrected chi connectivity index (χ0v) is 9.78. The fourth-order valence-electron chi connectivity index (χ4n) is 1.79. The monoisotopic (exact) mass is 247 g/mol. The van der Waals surface area contributed by atoms with Crippen LogP contribution in [0.25, 0.3) is 21.3 Å². The lowest BCUT2D eigenvalue weighted by molar-refractivity contribution is 0.0245. The van der Waals surface area contributed by atoms with Crippen LogP contribution in [0.3, 0.4) is 0 Å². The summed E-state index contributed by atoms with van der Waals surface area (Å²) in [5.74, 6) is 0. The van der Waals surface area contributed by atoms with Crippen molar-refractivity contribution in [3.63, 3.8) is 0 Å². The molecule has 1 aromatic carbocycles. The first-order valence-electron chi connectivity index (χ1n) is 5.45. The van der Waals surface area contributed by atoms with Gasteiger partial charge in [-0.3, -0.25) is 5.10 Å². The van der Waals surface area contributed by atoms with E-state index in [0.717, 1.165) is 16.6 Å². The Morgan fingerprint density at radius 1 is 1.50 bits per heavy atom. The van der Waals surface area contributed by atoms with Gasteiger partial charge in [-0.1, -0.05) is 17.2 Å². The van der Waals surface area contributed by atoms with E-state index in [4.69, 9.17) is 5.53 Å². The Balaban J connectivity index is 2.27. The maximum atomic E-state index is 9.91. The Kier molecular flexibility index (Phi) is 3.47. The molecule has 18 heavy (non-hydrogen) atoms. The van der Waals surface area contributed by atoms with E-state index in [2.05, 4.69) is 20.2 Å². The third-order valence-corrected chi connectivity index (χ3v) is 2.81. The summed E-state index contributed by atoms with van der Waals surface area (Å²) in [6.45, 7) is 1.73. The fraction of sp³-hybridized carbons (Fsp3) is 0.364. The zero-order valence-electron chi connectivity index (χ0n) is 9.78. The van der Waals surface area contributed by atoms with E-state index < -0.39 is 12.2 Å². The van der Waals surface area contributed by atoms with Crippen LogP contribution in [-0.4, -0.2) is 33.1 Å². The molecule has 7 nitrogen and oxygen atoms in total. The van der Waals surface area contributed by atoms with Crippen molar-refractivity contribution in [1.29, 1.82) is 0 Å². The zero-order chi connectivity index (χ0) is 13.1. The first-order chi connectivity index (χ1) is 8.63. The number of benzene rings is 1. The smallest absolute Gasteiger partial charge is 0.105 e. The summed E-state index contributed by atoms with van der Waals surface area (Å²) in [6, 6.07) is 5.24. The highest BCUT2D eigenvalue weighted by molar-refractivity contribution is 5.81. The van der Waals surface area contributed by atoms with Crippen molar-refractivity contribution in [1.82, 2.24) is 10.2 Å². The van der Waals surface area contributed by atoms with Crippen LogP contribution >= 0.6 is 0 Å². The summed E-state index contributed by atoms with van der Waals surface area (Å²) < 4.78 is 0. The predicted octanol–water partition coefficient (Wildman–Crippen LogP) is 1.58. The molecule has 2 atom stereocenters. The van der Waals surface area contributed by atoms with Crippen LogP contribution in [0.4, 0.5) is 0 Å². The first-order valence-corrected chi connectivity index (χ1v) is 5.45. The van der Waals surface area contributed by atoms with E-state index >= 15 is 0 Å². The summed E-state index contributed by atoms with van der Waals surface area (Å²) in [7, 11) is 0. The van der Waals surface area contributed by atoms with Gasteiger partial charge < -0.3 is 10.2 Å². The molecule has 1 aromatic heterocycles. The Labute approximate surface area is 103 Å². The highest BCUT2D eigenvalue weighted by Crippen LogP contribution is 2.23. The van der Waals surface area contributed by atoms with Crippen molar-refractivity contribution in [2.24, 2.45) is 5.11 Å². The molecule has 0 aliphatic heterocycles. The number of aromatic amines is 1. The molecule has 0 saturated heterocycles.